The summed E-state index contributed by atoms with van der Waals surface area (Å²) in [5.74, 6) is 1.77. The van der Waals surface area contributed by atoms with Gasteiger partial charge in [-0.05, 0) is 48.6 Å². The molecule has 0 unspecified atom stereocenters. The zero-order valence-corrected chi connectivity index (χ0v) is 17.7. The molecule has 1 saturated heterocycles. The van der Waals surface area contributed by atoms with Crippen LogP contribution in [-0.4, -0.2) is 40.5 Å². The summed E-state index contributed by atoms with van der Waals surface area (Å²) in [6.07, 6.45) is 5.14. The third-order valence-electron chi connectivity index (χ3n) is 6.21. The molecule has 2 aliphatic heterocycles. The second kappa shape index (κ2) is 8.62. The fraction of sp³-hybridized carbons (Fsp3) is 0.333. The number of halogens is 1. The van der Waals surface area contributed by atoms with Gasteiger partial charge in [0.2, 0.25) is 0 Å². The number of rotatable bonds is 4. The minimum atomic E-state index is 0.653. The molecule has 0 saturated carbocycles. The standard InChI is InChI=1S/C24H26ClN5/c25-20-6-3-7-21(14-20)28-23-15-24(27-17-26-23)29-12-9-22(10-13-29)30-11-8-18-4-1-2-5-19(18)16-30/h1-7,14-15,17,22H,8-13,16H2,(H,26,27,28). The number of fused-ring (bicyclic) bond motifs is 1. The highest BCUT2D eigenvalue weighted by Crippen LogP contribution is 2.27. The lowest BCUT2D eigenvalue weighted by Crippen LogP contribution is -2.46. The van der Waals surface area contributed by atoms with E-state index in [1.807, 2.05) is 30.3 Å². The predicted octanol–water partition coefficient (Wildman–Crippen LogP) is 4.90. The average molecular weight is 420 g/mol. The van der Waals surface area contributed by atoms with Crippen molar-refractivity contribution in [2.24, 2.45) is 0 Å². The molecule has 1 fully saturated rings. The second-order valence-electron chi connectivity index (χ2n) is 8.10. The third kappa shape index (κ3) is 4.27. The van der Waals surface area contributed by atoms with Crippen molar-refractivity contribution >= 4 is 28.9 Å². The van der Waals surface area contributed by atoms with Crippen molar-refractivity contribution in [2.45, 2.75) is 31.8 Å². The van der Waals surface area contributed by atoms with Crippen LogP contribution in [0.1, 0.15) is 24.0 Å². The van der Waals surface area contributed by atoms with Gasteiger partial charge >= 0.3 is 0 Å². The number of piperidine rings is 1. The first-order chi connectivity index (χ1) is 14.7. The first kappa shape index (κ1) is 19.3. The fourth-order valence-electron chi connectivity index (χ4n) is 4.59. The van der Waals surface area contributed by atoms with Gasteiger partial charge in [0.05, 0.1) is 0 Å². The lowest BCUT2D eigenvalue weighted by Gasteiger charge is -2.41. The third-order valence-corrected chi connectivity index (χ3v) is 6.45. The van der Waals surface area contributed by atoms with Crippen molar-refractivity contribution in [1.29, 1.82) is 0 Å². The van der Waals surface area contributed by atoms with E-state index in [0.29, 0.717) is 11.1 Å². The zero-order valence-electron chi connectivity index (χ0n) is 17.0. The van der Waals surface area contributed by atoms with E-state index >= 15 is 0 Å². The Labute approximate surface area is 182 Å². The Morgan fingerprint density at radius 3 is 2.57 bits per heavy atom. The van der Waals surface area contributed by atoms with Gasteiger partial charge in [-0.3, -0.25) is 4.90 Å². The van der Waals surface area contributed by atoms with Crippen LogP contribution >= 0.6 is 11.6 Å². The molecular weight excluding hydrogens is 394 g/mol. The molecular formula is C24H26ClN5. The lowest BCUT2D eigenvalue weighted by atomic mass is 9.95. The molecule has 0 aliphatic carbocycles. The molecule has 0 bridgehead atoms. The van der Waals surface area contributed by atoms with Gasteiger partial charge in [-0.2, -0.15) is 0 Å². The molecule has 30 heavy (non-hydrogen) atoms. The number of benzene rings is 2. The SMILES string of the molecule is Clc1cccc(Nc2cc(N3CCC(N4CCc5ccccc5C4)CC3)ncn2)c1. The first-order valence-electron chi connectivity index (χ1n) is 10.6. The van der Waals surface area contributed by atoms with Gasteiger partial charge in [-0.15, -0.1) is 0 Å². The van der Waals surface area contributed by atoms with Crippen molar-refractivity contribution in [3.63, 3.8) is 0 Å². The van der Waals surface area contributed by atoms with Crippen molar-refractivity contribution in [3.8, 4) is 0 Å². The van der Waals surface area contributed by atoms with Crippen LogP contribution in [-0.2, 0) is 13.0 Å². The van der Waals surface area contributed by atoms with Crippen molar-refractivity contribution in [2.75, 3.05) is 29.9 Å². The summed E-state index contributed by atoms with van der Waals surface area (Å²) in [5.41, 5.74) is 3.95. The van der Waals surface area contributed by atoms with Crippen LogP contribution in [0.3, 0.4) is 0 Å². The molecule has 1 N–H and O–H groups in total. The maximum Gasteiger partial charge on any atom is 0.135 e. The van der Waals surface area contributed by atoms with Crippen LogP contribution in [0.15, 0.2) is 60.9 Å². The molecule has 5 nitrogen and oxygen atoms in total. The number of nitrogens with one attached hydrogen (secondary N) is 1. The zero-order chi connectivity index (χ0) is 20.3. The minimum absolute atomic E-state index is 0.653. The van der Waals surface area contributed by atoms with Gasteiger partial charge < -0.3 is 10.2 Å². The van der Waals surface area contributed by atoms with Crippen molar-refractivity contribution < 1.29 is 0 Å². The van der Waals surface area contributed by atoms with E-state index in [4.69, 9.17) is 11.6 Å². The van der Waals surface area contributed by atoms with E-state index in [2.05, 4.69) is 49.4 Å². The Morgan fingerprint density at radius 1 is 0.900 bits per heavy atom. The van der Waals surface area contributed by atoms with Crippen LogP contribution in [0.4, 0.5) is 17.3 Å². The highest BCUT2D eigenvalue weighted by atomic mass is 35.5. The molecule has 1 aromatic heterocycles. The van der Waals surface area contributed by atoms with Crippen LogP contribution in [0.5, 0.6) is 0 Å². The van der Waals surface area contributed by atoms with Crippen LogP contribution < -0.4 is 10.2 Å². The van der Waals surface area contributed by atoms with Crippen molar-refractivity contribution in [3.05, 3.63) is 77.1 Å². The van der Waals surface area contributed by atoms with Crippen LogP contribution in [0.2, 0.25) is 5.02 Å². The summed E-state index contributed by atoms with van der Waals surface area (Å²) >= 11 is 6.08. The van der Waals surface area contributed by atoms with Crippen LogP contribution in [0, 0.1) is 0 Å². The summed E-state index contributed by atoms with van der Waals surface area (Å²) in [7, 11) is 0. The monoisotopic (exact) mass is 419 g/mol. The maximum atomic E-state index is 6.08. The van der Waals surface area contributed by atoms with Crippen molar-refractivity contribution in [1.82, 2.24) is 14.9 Å². The largest absolute Gasteiger partial charge is 0.356 e. The highest BCUT2D eigenvalue weighted by molar-refractivity contribution is 6.30. The Bertz CT molecular complexity index is 1020. The molecule has 0 radical (unpaired) electrons. The van der Waals surface area contributed by atoms with Gasteiger partial charge in [0.15, 0.2) is 0 Å². The molecule has 6 heteroatoms. The first-order valence-corrected chi connectivity index (χ1v) is 11.0. The summed E-state index contributed by atoms with van der Waals surface area (Å²) in [6, 6.07) is 19.2. The fourth-order valence-corrected chi connectivity index (χ4v) is 4.78. The number of nitrogens with zero attached hydrogens (tertiary/aromatic N) is 4. The topological polar surface area (TPSA) is 44.3 Å². The maximum absolute atomic E-state index is 6.08. The molecule has 0 atom stereocenters. The van der Waals surface area contributed by atoms with Gasteiger partial charge in [-0.1, -0.05) is 41.9 Å². The van der Waals surface area contributed by atoms with Gasteiger partial charge in [0.25, 0.3) is 0 Å². The molecule has 154 valence electrons. The molecule has 3 heterocycles. The lowest BCUT2D eigenvalue weighted by molar-refractivity contribution is 0.153. The van der Waals surface area contributed by atoms with E-state index < -0.39 is 0 Å². The Morgan fingerprint density at radius 2 is 1.73 bits per heavy atom. The molecule has 5 rings (SSSR count). The van der Waals surface area contributed by atoms with Gasteiger partial charge in [0, 0.05) is 49.0 Å². The van der Waals surface area contributed by atoms with E-state index in [1.54, 1.807) is 6.33 Å². The van der Waals surface area contributed by atoms with E-state index in [0.717, 1.165) is 37.0 Å². The van der Waals surface area contributed by atoms with E-state index in [1.165, 1.54) is 36.9 Å². The number of hydrogen-bond acceptors (Lipinski definition) is 5. The Kier molecular flexibility index (Phi) is 5.56. The number of anilines is 3. The molecule has 0 spiro atoms. The summed E-state index contributed by atoms with van der Waals surface area (Å²) in [5, 5.41) is 4.03. The van der Waals surface area contributed by atoms with Gasteiger partial charge in [0.1, 0.15) is 18.0 Å². The second-order valence-corrected chi connectivity index (χ2v) is 8.54. The smallest absolute Gasteiger partial charge is 0.135 e. The highest BCUT2D eigenvalue weighted by Gasteiger charge is 2.27. The van der Waals surface area contributed by atoms with E-state index in [-0.39, 0.29) is 0 Å². The van der Waals surface area contributed by atoms with Crippen LogP contribution in [0.25, 0.3) is 0 Å². The summed E-state index contributed by atoms with van der Waals surface area (Å²) < 4.78 is 0. The Balaban J connectivity index is 1.21. The van der Waals surface area contributed by atoms with Gasteiger partial charge in [-0.25, -0.2) is 9.97 Å². The number of hydrogen-bond donors (Lipinski definition) is 1. The molecule has 0 amide bonds. The molecule has 2 aliphatic rings. The predicted molar refractivity (Wildman–Crippen MR) is 123 cm³/mol. The summed E-state index contributed by atoms with van der Waals surface area (Å²) in [6.45, 7) is 4.30. The molecule has 3 aromatic rings. The molecule has 2 aromatic carbocycles. The minimum Gasteiger partial charge on any atom is -0.356 e. The number of aromatic nitrogens is 2. The quantitative estimate of drug-likeness (QED) is 0.651. The van der Waals surface area contributed by atoms with E-state index in [9.17, 15) is 0 Å². The normalized spacial score (nSPS) is 17.6. The summed E-state index contributed by atoms with van der Waals surface area (Å²) in [4.78, 5) is 13.9. The average Bonchev–Trinajstić information content (AvgIpc) is 2.79. The Hall–Kier alpha value is -2.63.